The van der Waals surface area contributed by atoms with Crippen LogP contribution in [0.4, 0.5) is 0 Å². The predicted octanol–water partition coefficient (Wildman–Crippen LogP) is 3.75. The van der Waals surface area contributed by atoms with Gasteiger partial charge in [0.05, 0.1) is 0 Å². The lowest BCUT2D eigenvalue weighted by Crippen LogP contribution is -2.45. The van der Waals surface area contributed by atoms with E-state index in [2.05, 4.69) is 4.90 Å². The number of hydrogen-bond acceptors (Lipinski definition) is 3. The summed E-state index contributed by atoms with van der Waals surface area (Å²) in [6, 6.07) is 0. The van der Waals surface area contributed by atoms with E-state index in [4.69, 9.17) is 5.73 Å². The Balaban J connectivity index is 1.49. The third-order valence-electron chi connectivity index (χ3n) is 7.70. The summed E-state index contributed by atoms with van der Waals surface area (Å²) in [5.74, 6) is 2.93. The minimum atomic E-state index is -2.12. The van der Waals surface area contributed by atoms with Crippen LogP contribution in [0.15, 0.2) is 0 Å². The number of rotatable bonds is 4. The first kappa shape index (κ1) is 20.3. The van der Waals surface area contributed by atoms with Crippen LogP contribution in [0, 0.1) is 23.7 Å². The van der Waals surface area contributed by atoms with Crippen LogP contribution in [-0.4, -0.2) is 43.6 Å². The Kier molecular flexibility index (Phi) is 6.84. The molecule has 26 heavy (non-hydrogen) atoms. The Morgan fingerprint density at radius 3 is 2.35 bits per heavy atom. The van der Waals surface area contributed by atoms with Crippen LogP contribution in [0.1, 0.15) is 64.2 Å². The Bertz CT molecular complexity index is 471. The first-order valence-electron chi connectivity index (χ1n) is 11.1. The second-order valence-corrected chi connectivity index (χ2v) is 14.0. The molecule has 3 rings (SSSR count). The summed E-state index contributed by atoms with van der Waals surface area (Å²) in [5.41, 5.74) is 6.31. The number of carbonyl (C=O) groups is 1. The van der Waals surface area contributed by atoms with Crippen LogP contribution in [0.2, 0.25) is 18.6 Å². The van der Waals surface area contributed by atoms with Crippen molar-refractivity contribution < 1.29 is 9.59 Å². The SMILES string of the molecule is C[Si](C)(O)C1CCCC(C(=O)N2CCC(C3CCCC(CN)C3)CC2)C1. The quantitative estimate of drug-likeness (QED) is 0.730. The second-order valence-electron chi connectivity index (χ2n) is 9.91. The van der Waals surface area contributed by atoms with Crippen molar-refractivity contribution in [1.29, 1.82) is 0 Å². The van der Waals surface area contributed by atoms with Crippen LogP contribution >= 0.6 is 0 Å². The number of piperidine rings is 1. The van der Waals surface area contributed by atoms with Crippen molar-refractivity contribution in [3.8, 4) is 0 Å². The van der Waals surface area contributed by atoms with Crippen molar-refractivity contribution in [1.82, 2.24) is 4.90 Å². The van der Waals surface area contributed by atoms with E-state index >= 15 is 0 Å². The summed E-state index contributed by atoms with van der Waals surface area (Å²) in [6.45, 7) is 6.83. The van der Waals surface area contributed by atoms with Crippen molar-refractivity contribution in [3.05, 3.63) is 0 Å². The molecule has 0 aromatic heterocycles. The summed E-state index contributed by atoms with van der Waals surface area (Å²) >= 11 is 0. The van der Waals surface area contributed by atoms with Crippen molar-refractivity contribution in [3.63, 3.8) is 0 Å². The summed E-state index contributed by atoms with van der Waals surface area (Å²) < 4.78 is 0. The fourth-order valence-corrected chi connectivity index (χ4v) is 7.65. The molecular formula is C21H40N2O2Si. The number of carbonyl (C=O) groups excluding carboxylic acids is 1. The highest BCUT2D eigenvalue weighted by molar-refractivity contribution is 6.71. The molecule has 4 unspecified atom stereocenters. The van der Waals surface area contributed by atoms with Crippen LogP contribution < -0.4 is 5.73 Å². The van der Waals surface area contributed by atoms with Gasteiger partial charge >= 0.3 is 0 Å². The zero-order valence-electron chi connectivity index (χ0n) is 17.0. The highest BCUT2D eigenvalue weighted by Crippen LogP contribution is 2.41. The molecular weight excluding hydrogens is 340 g/mol. The number of nitrogens with two attached hydrogens (primary N) is 1. The molecule has 1 amide bonds. The molecule has 0 aromatic rings. The first-order valence-corrected chi connectivity index (χ1v) is 14.1. The largest absolute Gasteiger partial charge is 0.432 e. The third kappa shape index (κ3) is 4.90. The fraction of sp³-hybridized carbons (Fsp3) is 0.952. The maximum Gasteiger partial charge on any atom is 0.225 e. The molecule has 2 aliphatic carbocycles. The van der Waals surface area contributed by atoms with Crippen LogP contribution in [-0.2, 0) is 4.79 Å². The smallest absolute Gasteiger partial charge is 0.225 e. The lowest BCUT2D eigenvalue weighted by Gasteiger charge is -2.41. The molecule has 3 aliphatic rings. The molecule has 0 bridgehead atoms. The maximum absolute atomic E-state index is 13.1. The zero-order valence-corrected chi connectivity index (χ0v) is 18.0. The van der Waals surface area contributed by atoms with Gasteiger partial charge in [-0.3, -0.25) is 4.79 Å². The molecule has 1 saturated heterocycles. The average Bonchev–Trinajstić information content (AvgIpc) is 2.67. The molecule has 0 aromatic carbocycles. The van der Waals surface area contributed by atoms with E-state index in [9.17, 15) is 9.59 Å². The van der Waals surface area contributed by atoms with Crippen molar-refractivity contribution in [2.75, 3.05) is 19.6 Å². The molecule has 3 fully saturated rings. The minimum Gasteiger partial charge on any atom is -0.432 e. The standard InChI is InChI=1S/C21H40N2O2Si/c1-26(2,25)20-8-4-7-19(14-20)21(24)23-11-9-17(10-12-23)18-6-3-5-16(13-18)15-22/h16-20,25H,3-15,22H2,1-2H3. The molecule has 1 heterocycles. The van der Waals surface area contributed by atoms with Gasteiger partial charge in [-0.05, 0) is 81.5 Å². The van der Waals surface area contributed by atoms with Gasteiger partial charge in [0.1, 0.15) is 0 Å². The number of nitrogens with zero attached hydrogens (tertiary/aromatic N) is 1. The van der Waals surface area contributed by atoms with E-state index < -0.39 is 8.32 Å². The van der Waals surface area contributed by atoms with Crippen LogP contribution in [0.25, 0.3) is 0 Å². The first-order chi connectivity index (χ1) is 12.4. The highest BCUT2D eigenvalue weighted by atomic mass is 28.4. The van der Waals surface area contributed by atoms with Gasteiger partial charge in [-0.15, -0.1) is 0 Å². The molecule has 150 valence electrons. The fourth-order valence-electron chi connectivity index (χ4n) is 5.88. The van der Waals surface area contributed by atoms with Crippen molar-refractivity contribution >= 4 is 14.2 Å². The molecule has 0 spiro atoms. The highest BCUT2D eigenvalue weighted by Gasteiger charge is 2.39. The van der Waals surface area contributed by atoms with Gasteiger partial charge in [-0.1, -0.05) is 25.7 Å². The lowest BCUT2D eigenvalue weighted by molar-refractivity contribution is -0.138. The Morgan fingerprint density at radius 2 is 1.69 bits per heavy atom. The van der Waals surface area contributed by atoms with Gasteiger partial charge in [-0.2, -0.15) is 0 Å². The van der Waals surface area contributed by atoms with E-state index in [0.717, 1.165) is 63.1 Å². The maximum atomic E-state index is 13.1. The van der Waals surface area contributed by atoms with Gasteiger partial charge in [-0.25, -0.2) is 0 Å². The summed E-state index contributed by atoms with van der Waals surface area (Å²) in [4.78, 5) is 25.7. The molecule has 1 aliphatic heterocycles. The minimum absolute atomic E-state index is 0.167. The molecule has 0 radical (unpaired) electrons. The van der Waals surface area contributed by atoms with E-state index in [-0.39, 0.29) is 5.92 Å². The van der Waals surface area contributed by atoms with Crippen LogP contribution in [0.5, 0.6) is 0 Å². The van der Waals surface area contributed by atoms with Gasteiger partial charge in [0.15, 0.2) is 8.32 Å². The van der Waals surface area contributed by atoms with E-state index in [1.165, 1.54) is 38.5 Å². The monoisotopic (exact) mass is 380 g/mol. The number of likely N-dealkylation sites (tertiary alicyclic amines) is 1. The van der Waals surface area contributed by atoms with E-state index in [0.29, 0.717) is 11.4 Å². The Morgan fingerprint density at radius 1 is 1.00 bits per heavy atom. The normalized spacial score (nSPS) is 34.7. The lowest BCUT2D eigenvalue weighted by atomic mass is 9.72. The summed E-state index contributed by atoms with van der Waals surface area (Å²) in [5, 5.41) is 0. The topological polar surface area (TPSA) is 66.6 Å². The third-order valence-corrected chi connectivity index (χ3v) is 10.2. The van der Waals surface area contributed by atoms with Crippen molar-refractivity contribution in [2.24, 2.45) is 29.4 Å². The molecule has 4 atom stereocenters. The Labute approximate surface area is 161 Å². The predicted molar refractivity (Wildman–Crippen MR) is 109 cm³/mol. The molecule has 2 saturated carbocycles. The average molecular weight is 381 g/mol. The number of hydrogen-bond donors (Lipinski definition) is 2. The summed E-state index contributed by atoms with van der Waals surface area (Å²) in [6.07, 6.45) is 11.9. The van der Waals surface area contributed by atoms with Gasteiger partial charge in [0.2, 0.25) is 5.91 Å². The summed E-state index contributed by atoms with van der Waals surface area (Å²) in [7, 11) is -2.12. The molecule has 3 N–H and O–H groups in total. The second kappa shape index (κ2) is 8.74. The van der Waals surface area contributed by atoms with Gasteiger partial charge in [0.25, 0.3) is 0 Å². The Hall–Kier alpha value is -0.393. The van der Waals surface area contributed by atoms with Gasteiger partial charge in [0, 0.05) is 19.0 Å². The number of amides is 1. The zero-order chi connectivity index (χ0) is 18.7. The molecule has 5 heteroatoms. The van der Waals surface area contributed by atoms with Crippen LogP contribution in [0.3, 0.4) is 0 Å². The van der Waals surface area contributed by atoms with Crippen molar-refractivity contribution in [2.45, 2.75) is 82.8 Å². The van der Waals surface area contributed by atoms with Gasteiger partial charge < -0.3 is 15.4 Å². The molecule has 4 nitrogen and oxygen atoms in total. The van der Waals surface area contributed by atoms with E-state index in [1.807, 2.05) is 13.1 Å². The van der Waals surface area contributed by atoms with E-state index in [1.54, 1.807) is 0 Å².